The second kappa shape index (κ2) is 8.74. The highest BCUT2D eigenvalue weighted by atomic mass is 16.3. The molecule has 4 heteroatoms. The Balaban J connectivity index is 2.09. The topological polar surface area (TPSA) is 64.5 Å². The first-order valence-electron chi connectivity index (χ1n) is 10.5. The Morgan fingerprint density at radius 2 is 1.03 bits per heavy atom. The van der Waals surface area contributed by atoms with Crippen LogP contribution in [0, 0.1) is 0 Å². The number of hydrogen-bond donors (Lipinski definition) is 4. The van der Waals surface area contributed by atoms with Crippen molar-refractivity contribution in [3.05, 3.63) is 71.8 Å². The summed E-state index contributed by atoms with van der Waals surface area (Å²) in [6.45, 7) is 6.85. The van der Waals surface area contributed by atoms with Crippen molar-refractivity contribution in [2.75, 3.05) is 13.1 Å². The van der Waals surface area contributed by atoms with Crippen LogP contribution in [0.4, 0.5) is 0 Å². The summed E-state index contributed by atoms with van der Waals surface area (Å²) in [6, 6.07) is 20.1. The average Bonchev–Trinajstić information content (AvgIpc) is 2.77. The van der Waals surface area contributed by atoms with E-state index in [0.29, 0.717) is 24.2 Å². The molecule has 0 radical (unpaired) electrons. The molecule has 0 saturated carbocycles. The number of phenolic OH excluding ortho intramolecular Hbond substituents is 2. The SMILES string of the molecule is CCNCc1cc2ccccc2c(-c2c(O)c(CNCC)cc3ccccc23)c1O. The molecule has 0 aliphatic carbocycles. The summed E-state index contributed by atoms with van der Waals surface area (Å²) in [5.41, 5.74) is 3.03. The van der Waals surface area contributed by atoms with Gasteiger partial charge in [-0.3, -0.25) is 0 Å². The fourth-order valence-electron chi connectivity index (χ4n) is 4.08. The molecule has 0 heterocycles. The van der Waals surface area contributed by atoms with Crippen LogP contribution in [0.1, 0.15) is 25.0 Å². The van der Waals surface area contributed by atoms with Crippen LogP contribution < -0.4 is 10.6 Å². The largest absolute Gasteiger partial charge is 0.507 e. The van der Waals surface area contributed by atoms with Gasteiger partial charge in [0.25, 0.3) is 0 Å². The van der Waals surface area contributed by atoms with Gasteiger partial charge in [0.15, 0.2) is 0 Å². The number of benzene rings is 4. The van der Waals surface area contributed by atoms with Gasteiger partial charge in [-0.15, -0.1) is 0 Å². The number of fused-ring (bicyclic) bond motifs is 2. The van der Waals surface area contributed by atoms with Gasteiger partial charge >= 0.3 is 0 Å². The zero-order chi connectivity index (χ0) is 21.1. The molecule has 4 aromatic rings. The van der Waals surface area contributed by atoms with Crippen molar-refractivity contribution >= 4 is 21.5 Å². The van der Waals surface area contributed by atoms with Crippen LogP contribution >= 0.6 is 0 Å². The van der Waals surface area contributed by atoms with E-state index >= 15 is 0 Å². The smallest absolute Gasteiger partial charge is 0.128 e. The second-order valence-corrected chi connectivity index (χ2v) is 7.52. The second-order valence-electron chi connectivity index (χ2n) is 7.52. The quantitative estimate of drug-likeness (QED) is 0.340. The molecule has 0 aliphatic rings. The number of aromatic hydroxyl groups is 2. The van der Waals surface area contributed by atoms with Gasteiger partial charge in [0.2, 0.25) is 0 Å². The van der Waals surface area contributed by atoms with Gasteiger partial charge in [-0.05, 0) is 46.8 Å². The number of nitrogens with one attached hydrogen (secondary N) is 2. The summed E-state index contributed by atoms with van der Waals surface area (Å²) in [5.74, 6) is 0.436. The molecular weight excluding hydrogens is 372 g/mol. The van der Waals surface area contributed by atoms with E-state index in [1.165, 1.54) is 0 Å². The van der Waals surface area contributed by atoms with Crippen LogP contribution in [0.15, 0.2) is 60.7 Å². The molecule has 0 spiro atoms. The van der Waals surface area contributed by atoms with E-state index in [9.17, 15) is 10.2 Å². The Morgan fingerprint density at radius 1 is 0.633 bits per heavy atom. The molecule has 0 bridgehead atoms. The highest BCUT2D eigenvalue weighted by molar-refractivity contribution is 6.10. The van der Waals surface area contributed by atoms with Crippen LogP contribution in [0.25, 0.3) is 32.7 Å². The number of rotatable bonds is 7. The van der Waals surface area contributed by atoms with Gasteiger partial charge in [-0.1, -0.05) is 62.4 Å². The Kier molecular flexibility index (Phi) is 5.88. The maximum atomic E-state index is 11.4. The molecule has 0 amide bonds. The molecule has 4 rings (SSSR count). The van der Waals surface area contributed by atoms with Crippen molar-refractivity contribution < 1.29 is 10.2 Å². The van der Waals surface area contributed by atoms with Gasteiger partial charge in [0.05, 0.1) is 0 Å². The minimum atomic E-state index is 0.218. The summed E-state index contributed by atoms with van der Waals surface area (Å²) in [5, 5.41) is 33.3. The first kappa shape index (κ1) is 20.2. The zero-order valence-electron chi connectivity index (χ0n) is 17.5. The first-order chi connectivity index (χ1) is 14.7. The third kappa shape index (κ3) is 3.60. The molecule has 4 nitrogen and oxygen atoms in total. The Bertz CT molecular complexity index is 1110. The fourth-order valence-corrected chi connectivity index (χ4v) is 4.08. The number of hydrogen-bond acceptors (Lipinski definition) is 4. The third-order valence-corrected chi connectivity index (χ3v) is 5.58. The fraction of sp³-hybridized carbons (Fsp3) is 0.231. The highest BCUT2D eigenvalue weighted by Gasteiger charge is 2.21. The lowest BCUT2D eigenvalue weighted by Crippen LogP contribution is -2.12. The van der Waals surface area contributed by atoms with Gasteiger partial charge in [-0.25, -0.2) is 0 Å². The molecule has 0 saturated heterocycles. The summed E-state index contributed by atoms with van der Waals surface area (Å²) in [6.07, 6.45) is 0. The predicted octanol–water partition coefficient (Wildman–Crippen LogP) is 5.29. The molecule has 0 aromatic heterocycles. The van der Waals surface area contributed by atoms with Crippen molar-refractivity contribution in [1.29, 1.82) is 0 Å². The van der Waals surface area contributed by atoms with E-state index in [-0.39, 0.29) is 11.5 Å². The average molecular weight is 401 g/mol. The minimum absolute atomic E-state index is 0.218. The van der Waals surface area contributed by atoms with Gasteiger partial charge in [0, 0.05) is 35.3 Å². The van der Waals surface area contributed by atoms with Crippen molar-refractivity contribution in [2.45, 2.75) is 26.9 Å². The Labute approximate surface area is 177 Å². The summed E-state index contributed by atoms with van der Waals surface area (Å²) in [4.78, 5) is 0. The molecule has 30 heavy (non-hydrogen) atoms. The maximum Gasteiger partial charge on any atom is 0.128 e. The predicted molar refractivity (Wildman–Crippen MR) is 125 cm³/mol. The van der Waals surface area contributed by atoms with E-state index < -0.39 is 0 Å². The lowest BCUT2D eigenvalue weighted by molar-refractivity contribution is 0.460. The maximum absolute atomic E-state index is 11.4. The van der Waals surface area contributed by atoms with E-state index in [1.807, 2.05) is 62.4 Å². The standard InChI is InChI=1S/C26H28N2O2/c1-3-27-15-19-13-17-9-5-7-11-21(17)23(25(19)29)24-22-12-8-6-10-18(22)14-20(26(24)30)16-28-4-2/h5-14,27-30H,3-4,15-16H2,1-2H3. The summed E-state index contributed by atoms with van der Waals surface area (Å²) < 4.78 is 0. The van der Waals surface area contributed by atoms with Crippen molar-refractivity contribution in [2.24, 2.45) is 0 Å². The third-order valence-electron chi connectivity index (χ3n) is 5.58. The monoisotopic (exact) mass is 400 g/mol. The molecule has 4 N–H and O–H groups in total. The molecule has 0 aliphatic heterocycles. The molecule has 0 atom stereocenters. The first-order valence-corrected chi connectivity index (χ1v) is 10.5. The zero-order valence-corrected chi connectivity index (χ0v) is 17.5. The van der Waals surface area contributed by atoms with Crippen LogP contribution in [0.2, 0.25) is 0 Å². The number of phenols is 2. The minimum Gasteiger partial charge on any atom is -0.507 e. The van der Waals surface area contributed by atoms with E-state index in [4.69, 9.17) is 0 Å². The van der Waals surface area contributed by atoms with Crippen molar-refractivity contribution in [3.8, 4) is 22.6 Å². The lowest BCUT2D eigenvalue weighted by atomic mass is 9.88. The van der Waals surface area contributed by atoms with Crippen LogP contribution in [0.3, 0.4) is 0 Å². The van der Waals surface area contributed by atoms with E-state index in [2.05, 4.69) is 22.8 Å². The van der Waals surface area contributed by atoms with Crippen LogP contribution in [-0.4, -0.2) is 23.3 Å². The van der Waals surface area contributed by atoms with Gasteiger partial charge in [-0.2, -0.15) is 0 Å². The molecule has 0 fully saturated rings. The highest BCUT2D eigenvalue weighted by Crippen LogP contribution is 2.47. The lowest BCUT2D eigenvalue weighted by Gasteiger charge is -2.19. The van der Waals surface area contributed by atoms with E-state index in [0.717, 1.165) is 45.8 Å². The van der Waals surface area contributed by atoms with Crippen molar-refractivity contribution in [3.63, 3.8) is 0 Å². The van der Waals surface area contributed by atoms with Crippen LogP contribution in [0.5, 0.6) is 11.5 Å². The summed E-state index contributed by atoms with van der Waals surface area (Å²) >= 11 is 0. The van der Waals surface area contributed by atoms with Crippen molar-refractivity contribution in [1.82, 2.24) is 10.6 Å². The molecule has 4 aromatic carbocycles. The Hall–Kier alpha value is -3.08. The molecular formula is C26H28N2O2. The van der Waals surface area contributed by atoms with Gasteiger partial charge < -0.3 is 20.8 Å². The van der Waals surface area contributed by atoms with Gasteiger partial charge in [0.1, 0.15) is 11.5 Å². The Morgan fingerprint density at radius 3 is 1.43 bits per heavy atom. The van der Waals surface area contributed by atoms with Crippen LogP contribution in [-0.2, 0) is 13.1 Å². The molecule has 0 unspecified atom stereocenters. The normalized spacial score (nSPS) is 11.4. The van der Waals surface area contributed by atoms with E-state index in [1.54, 1.807) is 0 Å². The summed E-state index contributed by atoms with van der Waals surface area (Å²) in [7, 11) is 0. The molecule has 154 valence electrons.